The number of nitrogens with one attached hydrogen (secondary N) is 2. The summed E-state index contributed by atoms with van der Waals surface area (Å²) in [5.74, 6) is 0.604. The smallest absolute Gasteiger partial charge is 0.237 e. The van der Waals surface area contributed by atoms with E-state index in [1.54, 1.807) is 30.5 Å². The van der Waals surface area contributed by atoms with Gasteiger partial charge < -0.3 is 10.1 Å². The number of pyridine rings is 1. The number of anilines is 1. The minimum atomic E-state index is -3.16. The molecule has 7 heteroatoms. The number of hydrogen-bond donors (Lipinski definition) is 3. The molecule has 1 aromatic heterocycles. The third kappa shape index (κ3) is 2.45. The van der Waals surface area contributed by atoms with Crippen molar-refractivity contribution in [2.45, 2.75) is 4.90 Å². The number of nitrogens with zero attached hydrogens (tertiary/aromatic N) is 1. The first-order valence-electron chi connectivity index (χ1n) is 6.08. The average molecular weight is 290 g/mol. The highest BCUT2D eigenvalue weighted by atomic mass is 32.2. The number of rotatable bonds is 2. The van der Waals surface area contributed by atoms with Gasteiger partial charge in [0.1, 0.15) is 16.5 Å². The van der Waals surface area contributed by atoms with E-state index in [1.807, 2.05) is 6.07 Å². The van der Waals surface area contributed by atoms with Crippen molar-refractivity contribution >= 4 is 15.6 Å². The monoisotopic (exact) mass is 290 g/mol. The summed E-state index contributed by atoms with van der Waals surface area (Å²) in [6.07, 6.45) is 1.72. The molecule has 104 valence electrons. The lowest BCUT2D eigenvalue weighted by Gasteiger charge is -2.18. The van der Waals surface area contributed by atoms with Crippen molar-refractivity contribution in [2.75, 3.05) is 18.5 Å². The first-order chi connectivity index (χ1) is 9.54. The lowest BCUT2D eigenvalue weighted by molar-refractivity contribution is 0.310. The van der Waals surface area contributed by atoms with Gasteiger partial charge in [0.25, 0.3) is 0 Å². The Morgan fingerprint density at radius 2 is 2.05 bits per heavy atom. The van der Waals surface area contributed by atoms with E-state index in [0.29, 0.717) is 17.4 Å². The van der Waals surface area contributed by atoms with E-state index < -0.39 is 9.92 Å². The summed E-state index contributed by atoms with van der Waals surface area (Å²) < 4.78 is 24.2. The van der Waals surface area contributed by atoms with E-state index in [4.69, 9.17) is 14.7 Å². The van der Waals surface area contributed by atoms with Gasteiger partial charge in [0.15, 0.2) is 0 Å². The predicted octanol–water partition coefficient (Wildman–Crippen LogP) is 1.83. The van der Waals surface area contributed by atoms with Gasteiger partial charge in [0.05, 0.1) is 10.6 Å². The van der Waals surface area contributed by atoms with Crippen molar-refractivity contribution in [2.24, 2.45) is 5.14 Å². The minimum Gasteiger partial charge on any atom is -0.474 e. The maximum absolute atomic E-state index is 11.4. The third-order valence-corrected chi connectivity index (χ3v) is 4.02. The van der Waals surface area contributed by atoms with Crippen molar-refractivity contribution < 1.29 is 8.95 Å². The highest BCUT2D eigenvalue weighted by Gasteiger charge is 2.12. The molecule has 1 atom stereocenters. The zero-order valence-corrected chi connectivity index (χ0v) is 11.4. The number of hydrogen-bond acceptors (Lipinski definition) is 5. The van der Waals surface area contributed by atoms with Crippen LogP contribution < -0.4 is 15.2 Å². The van der Waals surface area contributed by atoms with Crippen LogP contribution in [-0.2, 0) is 9.92 Å². The van der Waals surface area contributed by atoms with Gasteiger partial charge in [-0.05, 0) is 23.8 Å². The van der Waals surface area contributed by atoms with E-state index in [9.17, 15) is 4.21 Å². The molecule has 4 N–H and O–H groups in total. The fourth-order valence-corrected chi connectivity index (χ4v) is 2.58. The van der Waals surface area contributed by atoms with Crippen molar-refractivity contribution in [3.8, 4) is 17.0 Å². The number of ether oxygens (including phenoxy) is 1. The van der Waals surface area contributed by atoms with Crippen molar-refractivity contribution in [3.05, 3.63) is 36.5 Å². The summed E-state index contributed by atoms with van der Waals surface area (Å²) in [6, 6.07) is 8.73. The standard InChI is InChI=1S/C13H14N4O2S/c14-20(15,18)11-3-1-9(2-4-11)10-7-12-13(17-8-10)19-6-5-16-12/h1-4,7-8,16H,5-6H2,(H3,14,15,18). The Balaban J connectivity index is 1.97. The van der Waals surface area contributed by atoms with Gasteiger partial charge in [0.2, 0.25) is 5.88 Å². The van der Waals surface area contributed by atoms with Gasteiger partial charge in [-0.2, -0.15) is 0 Å². The van der Waals surface area contributed by atoms with E-state index >= 15 is 0 Å². The molecule has 0 radical (unpaired) electrons. The molecule has 0 amide bonds. The van der Waals surface area contributed by atoms with Crippen LogP contribution >= 0.6 is 0 Å². The molecule has 0 fully saturated rings. The zero-order chi connectivity index (χ0) is 14.2. The summed E-state index contributed by atoms with van der Waals surface area (Å²) in [7, 11) is -3.16. The van der Waals surface area contributed by atoms with Gasteiger partial charge in [-0.3, -0.25) is 0 Å². The second kappa shape index (κ2) is 4.77. The molecule has 2 aromatic rings. The lowest BCUT2D eigenvalue weighted by atomic mass is 10.1. The van der Waals surface area contributed by atoms with Crippen LogP contribution in [-0.4, -0.2) is 22.3 Å². The van der Waals surface area contributed by atoms with Crippen LogP contribution in [0.5, 0.6) is 5.88 Å². The molecule has 0 saturated heterocycles. The van der Waals surface area contributed by atoms with Gasteiger partial charge in [0, 0.05) is 18.3 Å². The maximum Gasteiger partial charge on any atom is 0.237 e. The largest absolute Gasteiger partial charge is 0.474 e. The molecule has 1 aliphatic rings. The molecule has 0 bridgehead atoms. The molecule has 3 rings (SSSR count). The van der Waals surface area contributed by atoms with Crippen molar-refractivity contribution in [1.29, 1.82) is 4.78 Å². The van der Waals surface area contributed by atoms with E-state index in [2.05, 4.69) is 10.3 Å². The van der Waals surface area contributed by atoms with Crippen molar-refractivity contribution in [1.82, 2.24) is 4.98 Å². The molecule has 1 unspecified atom stereocenters. The van der Waals surface area contributed by atoms with E-state index in [1.165, 1.54) is 0 Å². The minimum absolute atomic E-state index is 0.314. The Morgan fingerprint density at radius 3 is 2.75 bits per heavy atom. The van der Waals surface area contributed by atoms with Gasteiger partial charge >= 0.3 is 0 Å². The van der Waals surface area contributed by atoms with Crippen LogP contribution in [0.3, 0.4) is 0 Å². The Morgan fingerprint density at radius 1 is 1.30 bits per heavy atom. The van der Waals surface area contributed by atoms with Gasteiger partial charge in [-0.15, -0.1) is 0 Å². The molecular formula is C13H14N4O2S. The Kier molecular flexibility index (Phi) is 3.07. The summed E-state index contributed by atoms with van der Waals surface area (Å²) in [4.78, 5) is 4.58. The molecule has 1 aromatic carbocycles. The Bertz CT molecular complexity index is 741. The Hall–Kier alpha value is -2.12. The second-order valence-corrected chi connectivity index (χ2v) is 6.15. The number of nitrogens with two attached hydrogens (primary N) is 1. The van der Waals surface area contributed by atoms with E-state index in [-0.39, 0.29) is 0 Å². The first-order valence-corrected chi connectivity index (χ1v) is 7.70. The SMILES string of the molecule is N=S(N)(=O)c1ccc(-c2cnc3c(c2)NCCO3)cc1. The molecule has 0 aliphatic carbocycles. The zero-order valence-electron chi connectivity index (χ0n) is 10.6. The van der Waals surface area contributed by atoms with E-state index in [0.717, 1.165) is 23.4 Å². The molecule has 20 heavy (non-hydrogen) atoms. The molecular weight excluding hydrogens is 276 g/mol. The fraction of sp³-hybridized carbons (Fsp3) is 0.154. The van der Waals surface area contributed by atoms with Crippen LogP contribution in [0.2, 0.25) is 0 Å². The fourth-order valence-electron chi connectivity index (χ4n) is 2.03. The summed E-state index contributed by atoms with van der Waals surface area (Å²) in [6.45, 7) is 1.37. The third-order valence-electron chi connectivity index (χ3n) is 3.05. The van der Waals surface area contributed by atoms with Crippen molar-refractivity contribution in [3.63, 3.8) is 0 Å². The van der Waals surface area contributed by atoms with Crippen LogP contribution in [0.25, 0.3) is 11.1 Å². The van der Waals surface area contributed by atoms with Crippen LogP contribution in [0, 0.1) is 4.78 Å². The maximum atomic E-state index is 11.4. The van der Waals surface area contributed by atoms with Gasteiger partial charge in [-0.25, -0.2) is 19.1 Å². The average Bonchev–Trinajstić information content (AvgIpc) is 2.46. The quantitative estimate of drug-likeness (QED) is 0.785. The predicted molar refractivity (Wildman–Crippen MR) is 77.0 cm³/mol. The summed E-state index contributed by atoms with van der Waals surface area (Å²) in [5.41, 5.74) is 2.70. The topological polar surface area (TPSA) is 101 Å². The highest BCUT2D eigenvalue weighted by molar-refractivity contribution is 7.90. The Labute approximate surface area is 117 Å². The van der Waals surface area contributed by atoms with Crippen LogP contribution in [0.4, 0.5) is 5.69 Å². The number of fused-ring (bicyclic) bond motifs is 1. The lowest BCUT2D eigenvalue weighted by Crippen LogP contribution is -2.18. The molecule has 6 nitrogen and oxygen atoms in total. The first kappa shape index (κ1) is 12.9. The molecule has 2 heterocycles. The highest BCUT2D eigenvalue weighted by Crippen LogP contribution is 2.30. The van der Waals surface area contributed by atoms with Gasteiger partial charge in [-0.1, -0.05) is 12.1 Å². The summed E-state index contributed by atoms with van der Waals surface area (Å²) >= 11 is 0. The summed E-state index contributed by atoms with van der Waals surface area (Å²) in [5, 5.41) is 8.52. The van der Waals surface area contributed by atoms with Crippen LogP contribution in [0.15, 0.2) is 41.4 Å². The van der Waals surface area contributed by atoms with Crippen LogP contribution in [0.1, 0.15) is 0 Å². The molecule has 0 spiro atoms. The number of aromatic nitrogens is 1. The second-order valence-electron chi connectivity index (χ2n) is 4.48. The normalized spacial score (nSPS) is 16.4. The molecule has 1 aliphatic heterocycles. The molecule has 0 saturated carbocycles. The number of benzene rings is 1.